The number of hydrogen-bond acceptors (Lipinski definition) is 5. The number of hydrogen-bond donors (Lipinski definition) is 1. The van der Waals surface area contributed by atoms with Gasteiger partial charge >= 0.3 is 11.8 Å². The minimum absolute atomic E-state index is 0.0195. The van der Waals surface area contributed by atoms with Crippen molar-refractivity contribution in [2.75, 3.05) is 6.61 Å². The average Bonchev–Trinajstić information content (AvgIpc) is 2.53. The summed E-state index contributed by atoms with van der Waals surface area (Å²) in [6.07, 6.45) is 0.899. The van der Waals surface area contributed by atoms with Gasteiger partial charge in [0.25, 0.3) is 0 Å². The van der Waals surface area contributed by atoms with Crippen molar-refractivity contribution >= 4 is 11.8 Å². The van der Waals surface area contributed by atoms with E-state index in [2.05, 4.69) is 0 Å². The van der Waals surface area contributed by atoms with Gasteiger partial charge in [-0.05, 0) is 17.9 Å². The lowest BCUT2D eigenvalue weighted by Gasteiger charge is -2.42. The number of benzene rings is 1. The van der Waals surface area contributed by atoms with Crippen molar-refractivity contribution in [3.63, 3.8) is 0 Å². The number of allylic oxidation sites excluding steroid dienone is 2. The Kier molecular flexibility index (Phi) is 4.45. The molecule has 1 aromatic rings. The topological polar surface area (TPSA) is 72.8 Å². The summed E-state index contributed by atoms with van der Waals surface area (Å²) in [6.45, 7) is 5.79. The highest BCUT2D eigenvalue weighted by Gasteiger charge is 2.52. The van der Waals surface area contributed by atoms with E-state index in [1.807, 2.05) is 44.2 Å². The number of carbonyl (C=O) groups is 2. The number of aliphatic hydroxyl groups is 1. The molecule has 2 atom stereocenters. The van der Waals surface area contributed by atoms with Gasteiger partial charge in [-0.1, -0.05) is 44.2 Å². The average molecular weight is 344 g/mol. The number of ketones is 1. The Morgan fingerprint density at radius 1 is 1.28 bits per heavy atom. The van der Waals surface area contributed by atoms with Gasteiger partial charge in [0, 0.05) is 30.8 Å². The Morgan fingerprint density at radius 3 is 2.60 bits per heavy atom. The number of Topliss-reactive ketones (excluding diaryl/α,β-unsaturated/α-hetero) is 1. The molecule has 0 saturated carbocycles. The largest absolute Gasteiger partial charge is 0.461 e. The molecule has 0 amide bonds. The predicted octanol–water partition coefficient (Wildman–Crippen LogP) is 3.09. The first kappa shape index (κ1) is 17.7. The second-order valence-electron chi connectivity index (χ2n) is 7.55. The molecule has 0 aromatic heterocycles. The van der Waals surface area contributed by atoms with E-state index in [0.29, 0.717) is 24.2 Å². The molecule has 1 aliphatic carbocycles. The second-order valence-corrected chi connectivity index (χ2v) is 7.55. The van der Waals surface area contributed by atoms with Crippen LogP contribution in [0.4, 0.5) is 0 Å². The van der Waals surface area contributed by atoms with Gasteiger partial charge in [-0.2, -0.15) is 0 Å². The molecule has 5 heteroatoms. The molecule has 1 aromatic carbocycles. The molecule has 25 heavy (non-hydrogen) atoms. The summed E-state index contributed by atoms with van der Waals surface area (Å²) in [5.74, 6) is -2.83. The van der Waals surface area contributed by atoms with Gasteiger partial charge in [-0.15, -0.1) is 0 Å². The molecule has 1 N–H and O–H groups in total. The van der Waals surface area contributed by atoms with Gasteiger partial charge in [0.1, 0.15) is 5.76 Å². The van der Waals surface area contributed by atoms with Gasteiger partial charge in [0.15, 0.2) is 5.78 Å². The van der Waals surface area contributed by atoms with Crippen LogP contribution in [0.1, 0.15) is 51.5 Å². The molecule has 0 fully saturated rings. The molecular formula is C20H24O5. The molecule has 2 aliphatic rings. The van der Waals surface area contributed by atoms with E-state index in [1.54, 1.807) is 6.92 Å². The van der Waals surface area contributed by atoms with Crippen molar-refractivity contribution in [1.82, 2.24) is 0 Å². The maximum Gasteiger partial charge on any atom is 0.379 e. The van der Waals surface area contributed by atoms with Gasteiger partial charge in [-0.25, -0.2) is 4.79 Å². The molecule has 3 rings (SSSR count). The number of carbonyl (C=O) groups excluding carboxylic acids is 2. The van der Waals surface area contributed by atoms with Crippen LogP contribution in [-0.2, 0) is 19.1 Å². The first-order valence-electron chi connectivity index (χ1n) is 8.65. The first-order chi connectivity index (χ1) is 11.8. The van der Waals surface area contributed by atoms with E-state index in [9.17, 15) is 14.7 Å². The van der Waals surface area contributed by atoms with E-state index in [-0.39, 0.29) is 30.1 Å². The van der Waals surface area contributed by atoms with E-state index < -0.39 is 11.8 Å². The normalized spacial score (nSPS) is 28.2. The Bertz CT molecular complexity index is 719. The van der Waals surface area contributed by atoms with Crippen molar-refractivity contribution in [3.8, 4) is 0 Å². The summed E-state index contributed by atoms with van der Waals surface area (Å²) in [5, 5.41) is 10.9. The highest BCUT2D eigenvalue weighted by molar-refractivity contribution is 5.99. The lowest BCUT2D eigenvalue weighted by Crippen LogP contribution is -2.49. The molecule has 1 heterocycles. The molecule has 5 nitrogen and oxygen atoms in total. The molecular weight excluding hydrogens is 320 g/mol. The predicted molar refractivity (Wildman–Crippen MR) is 91.5 cm³/mol. The lowest BCUT2D eigenvalue weighted by atomic mass is 9.70. The Hall–Kier alpha value is -2.14. The molecule has 0 bridgehead atoms. The highest BCUT2D eigenvalue weighted by atomic mass is 16.7. The van der Waals surface area contributed by atoms with Crippen LogP contribution in [0.3, 0.4) is 0 Å². The van der Waals surface area contributed by atoms with Crippen LogP contribution in [0.15, 0.2) is 41.7 Å². The number of rotatable bonds is 3. The lowest BCUT2D eigenvalue weighted by molar-refractivity contribution is -0.225. The SMILES string of the molecule is CCOC(=O)C1(O)C[C@H](c2ccccc2)C2=C(CC(C)(C)CC2=O)O1. The van der Waals surface area contributed by atoms with E-state index in [0.717, 1.165) is 5.56 Å². The Labute approximate surface area is 147 Å². The number of esters is 1. The second kappa shape index (κ2) is 6.30. The van der Waals surface area contributed by atoms with Crippen LogP contribution in [0.2, 0.25) is 0 Å². The van der Waals surface area contributed by atoms with Gasteiger partial charge in [-0.3, -0.25) is 4.79 Å². The fourth-order valence-electron chi connectivity index (χ4n) is 3.72. The molecule has 134 valence electrons. The maximum absolute atomic E-state index is 12.8. The van der Waals surface area contributed by atoms with Crippen LogP contribution >= 0.6 is 0 Å². The molecule has 1 aliphatic heterocycles. The zero-order valence-corrected chi connectivity index (χ0v) is 14.9. The molecule has 0 radical (unpaired) electrons. The highest BCUT2D eigenvalue weighted by Crippen LogP contribution is 2.49. The van der Waals surface area contributed by atoms with E-state index >= 15 is 0 Å². The Morgan fingerprint density at radius 2 is 1.96 bits per heavy atom. The summed E-state index contributed by atoms with van der Waals surface area (Å²) in [4.78, 5) is 25.1. The van der Waals surface area contributed by atoms with Gasteiger partial charge in [0.2, 0.25) is 0 Å². The molecule has 0 saturated heterocycles. The standard InChI is InChI=1S/C20H24O5/c1-4-24-18(22)20(23)10-14(13-8-6-5-7-9-13)17-15(21)11-19(2,3)12-16(17)25-20/h5-9,14,23H,4,10-12H2,1-3H3/t14-,20?/m1/s1. The van der Waals surface area contributed by atoms with Crippen molar-refractivity contribution in [2.45, 2.75) is 51.7 Å². The van der Waals surface area contributed by atoms with Crippen molar-refractivity contribution in [1.29, 1.82) is 0 Å². The van der Waals surface area contributed by atoms with Gasteiger partial charge < -0.3 is 14.6 Å². The Balaban J connectivity index is 2.08. The van der Waals surface area contributed by atoms with Crippen LogP contribution in [-0.4, -0.2) is 29.3 Å². The van der Waals surface area contributed by atoms with Crippen LogP contribution in [0.25, 0.3) is 0 Å². The zero-order valence-electron chi connectivity index (χ0n) is 14.9. The third kappa shape index (κ3) is 3.33. The number of ether oxygens (including phenoxy) is 2. The fraction of sp³-hybridized carbons (Fsp3) is 0.500. The minimum atomic E-state index is -2.07. The summed E-state index contributed by atoms with van der Waals surface area (Å²) in [5.41, 5.74) is 1.19. The fourth-order valence-corrected chi connectivity index (χ4v) is 3.72. The van der Waals surface area contributed by atoms with Crippen LogP contribution in [0.5, 0.6) is 0 Å². The van der Waals surface area contributed by atoms with E-state index in [4.69, 9.17) is 9.47 Å². The minimum Gasteiger partial charge on any atom is -0.461 e. The molecule has 0 spiro atoms. The quantitative estimate of drug-likeness (QED) is 0.853. The van der Waals surface area contributed by atoms with Crippen molar-refractivity contribution in [2.24, 2.45) is 5.41 Å². The summed E-state index contributed by atoms with van der Waals surface area (Å²) in [6, 6.07) is 9.46. The van der Waals surface area contributed by atoms with Crippen LogP contribution < -0.4 is 0 Å². The van der Waals surface area contributed by atoms with Crippen molar-refractivity contribution in [3.05, 3.63) is 47.2 Å². The molecule has 1 unspecified atom stereocenters. The third-order valence-corrected chi connectivity index (χ3v) is 4.80. The first-order valence-corrected chi connectivity index (χ1v) is 8.65. The summed E-state index contributed by atoms with van der Waals surface area (Å²) in [7, 11) is 0. The summed E-state index contributed by atoms with van der Waals surface area (Å²) >= 11 is 0. The third-order valence-electron chi connectivity index (χ3n) is 4.80. The maximum atomic E-state index is 12.8. The van der Waals surface area contributed by atoms with Crippen molar-refractivity contribution < 1.29 is 24.2 Å². The van der Waals surface area contributed by atoms with E-state index in [1.165, 1.54) is 0 Å². The summed E-state index contributed by atoms with van der Waals surface area (Å²) < 4.78 is 10.7. The zero-order chi connectivity index (χ0) is 18.2. The monoisotopic (exact) mass is 344 g/mol. The van der Waals surface area contributed by atoms with Crippen LogP contribution in [0, 0.1) is 5.41 Å². The van der Waals surface area contributed by atoms with Gasteiger partial charge in [0.05, 0.1) is 6.61 Å². The smallest absolute Gasteiger partial charge is 0.379 e.